The van der Waals surface area contributed by atoms with E-state index in [0.29, 0.717) is 30.5 Å². The molecular formula is C26H28BrN5O4. The van der Waals surface area contributed by atoms with E-state index in [1.807, 2.05) is 12.1 Å². The molecule has 4 heterocycles. The van der Waals surface area contributed by atoms with Crippen molar-refractivity contribution < 1.29 is 19.1 Å². The second-order valence-corrected chi connectivity index (χ2v) is 11.1. The summed E-state index contributed by atoms with van der Waals surface area (Å²) in [4.78, 5) is 49.8. The fraction of sp³-hybridized carbons (Fsp3) is 0.500. The van der Waals surface area contributed by atoms with E-state index in [1.54, 1.807) is 23.4 Å². The number of benzene rings is 1. The zero-order valence-electron chi connectivity index (χ0n) is 19.9. The molecule has 3 fully saturated rings. The van der Waals surface area contributed by atoms with Gasteiger partial charge in [0.2, 0.25) is 11.8 Å². The van der Waals surface area contributed by atoms with Gasteiger partial charge < -0.3 is 9.64 Å². The SMILES string of the molecule is O=C1CC[C@H](N2Cc3cc(O[C@@H]4CCCC[C@H]4N4CC(c5ncc(Br)cn5)C4)ccc3C2=O)C(=O)N1. The van der Waals surface area contributed by atoms with Crippen LogP contribution in [0.1, 0.15) is 66.2 Å². The Morgan fingerprint density at radius 3 is 2.58 bits per heavy atom. The van der Waals surface area contributed by atoms with E-state index in [2.05, 4.69) is 36.1 Å². The van der Waals surface area contributed by atoms with Crippen LogP contribution in [0.2, 0.25) is 0 Å². The molecule has 9 nitrogen and oxygen atoms in total. The Labute approximate surface area is 217 Å². The summed E-state index contributed by atoms with van der Waals surface area (Å²) >= 11 is 3.40. The largest absolute Gasteiger partial charge is 0.489 e. The Kier molecular flexibility index (Phi) is 6.25. The van der Waals surface area contributed by atoms with Gasteiger partial charge in [0.1, 0.15) is 23.7 Å². The lowest BCUT2D eigenvalue weighted by molar-refractivity contribution is -0.136. The van der Waals surface area contributed by atoms with Crippen molar-refractivity contribution in [1.29, 1.82) is 0 Å². The van der Waals surface area contributed by atoms with E-state index in [0.717, 1.165) is 54.0 Å². The summed E-state index contributed by atoms with van der Waals surface area (Å²) in [6.07, 6.45) is 8.74. The first-order valence-electron chi connectivity index (χ1n) is 12.6. The van der Waals surface area contributed by atoms with Gasteiger partial charge in [-0.3, -0.25) is 24.6 Å². The molecule has 1 aromatic carbocycles. The second-order valence-electron chi connectivity index (χ2n) is 10.1. The summed E-state index contributed by atoms with van der Waals surface area (Å²) in [6.45, 7) is 2.23. The average Bonchev–Trinajstić information content (AvgIpc) is 3.16. The van der Waals surface area contributed by atoms with Crippen LogP contribution in [0, 0.1) is 0 Å². The number of carbonyl (C=O) groups excluding carboxylic acids is 3. The van der Waals surface area contributed by atoms with E-state index < -0.39 is 11.9 Å². The molecule has 1 saturated carbocycles. The van der Waals surface area contributed by atoms with Gasteiger partial charge in [-0.15, -0.1) is 0 Å². The predicted molar refractivity (Wildman–Crippen MR) is 133 cm³/mol. The summed E-state index contributed by atoms with van der Waals surface area (Å²) in [5, 5.41) is 2.35. The summed E-state index contributed by atoms with van der Waals surface area (Å²) in [5.41, 5.74) is 1.47. The van der Waals surface area contributed by atoms with Gasteiger partial charge in [-0.2, -0.15) is 0 Å². The number of hydrogen-bond acceptors (Lipinski definition) is 7. The first-order valence-corrected chi connectivity index (χ1v) is 13.4. The Balaban J connectivity index is 1.11. The highest BCUT2D eigenvalue weighted by Crippen LogP contribution is 2.36. The van der Waals surface area contributed by atoms with Crippen molar-refractivity contribution in [2.75, 3.05) is 13.1 Å². The number of imide groups is 1. The Morgan fingerprint density at radius 2 is 1.81 bits per heavy atom. The molecule has 3 aliphatic heterocycles. The van der Waals surface area contributed by atoms with Crippen LogP contribution in [-0.4, -0.2) is 68.8 Å². The quantitative estimate of drug-likeness (QED) is 0.567. The first kappa shape index (κ1) is 23.5. The highest BCUT2D eigenvalue weighted by molar-refractivity contribution is 9.10. The maximum atomic E-state index is 13.0. The van der Waals surface area contributed by atoms with Gasteiger partial charge in [0.15, 0.2) is 0 Å². The second kappa shape index (κ2) is 9.55. The van der Waals surface area contributed by atoms with Crippen molar-refractivity contribution in [2.24, 2.45) is 0 Å². The molecule has 1 aromatic heterocycles. The van der Waals surface area contributed by atoms with Crippen molar-refractivity contribution in [3.8, 4) is 5.75 Å². The Hall–Kier alpha value is -2.85. The van der Waals surface area contributed by atoms with Crippen LogP contribution >= 0.6 is 15.9 Å². The molecule has 4 aliphatic rings. The summed E-state index contributed by atoms with van der Waals surface area (Å²) in [5.74, 6) is 1.17. The molecule has 3 atom stereocenters. The van der Waals surface area contributed by atoms with Crippen LogP contribution in [0.4, 0.5) is 0 Å². The Bertz CT molecular complexity index is 1200. The molecule has 0 bridgehead atoms. The van der Waals surface area contributed by atoms with Crippen LogP contribution in [0.5, 0.6) is 5.75 Å². The number of rotatable bonds is 5. The summed E-state index contributed by atoms with van der Waals surface area (Å²) < 4.78 is 7.41. The van der Waals surface area contributed by atoms with Gasteiger partial charge >= 0.3 is 0 Å². The lowest BCUT2D eigenvalue weighted by Gasteiger charge is -2.47. The number of nitrogens with one attached hydrogen (secondary N) is 1. The molecule has 0 spiro atoms. The van der Waals surface area contributed by atoms with Gasteiger partial charge in [0.05, 0.1) is 4.47 Å². The normalized spacial score (nSPS) is 27.0. The van der Waals surface area contributed by atoms with Crippen molar-refractivity contribution in [3.63, 3.8) is 0 Å². The third-order valence-electron chi connectivity index (χ3n) is 7.83. The zero-order valence-corrected chi connectivity index (χ0v) is 21.4. The number of piperidine rings is 1. The smallest absolute Gasteiger partial charge is 0.255 e. The number of aromatic nitrogens is 2. The Morgan fingerprint density at radius 1 is 1.03 bits per heavy atom. The van der Waals surface area contributed by atoms with Crippen LogP contribution in [-0.2, 0) is 16.1 Å². The number of fused-ring (bicyclic) bond motifs is 1. The van der Waals surface area contributed by atoms with Crippen LogP contribution in [0.3, 0.4) is 0 Å². The summed E-state index contributed by atoms with van der Waals surface area (Å²) in [6, 6.07) is 5.36. The third kappa shape index (κ3) is 4.41. The lowest BCUT2D eigenvalue weighted by Crippen LogP contribution is -2.57. The molecule has 2 aromatic rings. The highest BCUT2D eigenvalue weighted by atomic mass is 79.9. The maximum Gasteiger partial charge on any atom is 0.255 e. The molecule has 0 radical (unpaired) electrons. The van der Waals surface area contributed by atoms with E-state index >= 15 is 0 Å². The molecule has 0 unspecified atom stereocenters. The van der Waals surface area contributed by atoms with Gasteiger partial charge in [-0.05, 0) is 65.4 Å². The van der Waals surface area contributed by atoms with E-state index in [4.69, 9.17) is 4.74 Å². The monoisotopic (exact) mass is 553 g/mol. The lowest BCUT2D eigenvalue weighted by atomic mass is 9.86. The molecule has 10 heteroatoms. The standard InChI is InChI=1S/C26H28BrN5O4/c27-17-10-28-24(29-11-17)16-12-31(13-16)20-3-1-2-4-22(20)36-18-5-6-19-15(9-18)14-32(26(19)35)21-7-8-23(33)30-25(21)34/h5-6,9-11,16,20-22H,1-4,7-8,12-14H2,(H,30,33,34)/t20-,21+,22-/m1/s1. The minimum Gasteiger partial charge on any atom is -0.489 e. The predicted octanol–water partition coefficient (Wildman–Crippen LogP) is 2.79. The summed E-state index contributed by atoms with van der Waals surface area (Å²) in [7, 11) is 0. The molecule has 1 aliphatic carbocycles. The number of likely N-dealkylation sites (tertiary alicyclic amines) is 1. The minimum atomic E-state index is -0.608. The molecular weight excluding hydrogens is 526 g/mol. The molecule has 2 saturated heterocycles. The molecule has 36 heavy (non-hydrogen) atoms. The van der Waals surface area contributed by atoms with E-state index in [-0.39, 0.29) is 24.3 Å². The van der Waals surface area contributed by atoms with Crippen LogP contribution < -0.4 is 10.1 Å². The number of nitrogens with zero attached hydrogens (tertiary/aromatic N) is 4. The van der Waals surface area contributed by atoms with Crippen molar-refractivity contribution in [2.45, 2.75) is 69.2 Å². The number of halogens is 1. The topological polar surface area (TPSA) is 105 Å². The van der Waals surface area contributed by atoms with Crippen molar-refractivity contribution in [1.82, 2.24) is 25.1 Å². The van der Waals surface area contributed by atoms with Crippen molar-refractivity contribution >= 4 is 33.7 Å². The highest BCUT2D eigenvalue weighted by Gasteiger charge is 2.41. The third-order valence-corrected chi connectivity index (χ3v) is 8.24. The van der Waals surface area contributed by atoms with Gasteiger partial charge in [0.25, 0.3) is 5.91 Å². The molecule has 188 valence electrons. The minimum absolute atomic E-state index is 0.0897. The van der Waals surface area contributed by atoms with Gasteiger partial charge in [-0.25, -0.2) is 9.97 Å². The molecule has 6 rings (SSSR count). The van der Waals surface area contributed by atoms with Gasteiger partial charge in [-0.1, -0.05) is 6.42 Å². The van der Waals surface area contributed by atoms with Crippen LogP contribution in [0.15, 0.2) is 35.1 Å². The zero-order chi connectivity index (χ0) is 24.8. The van der Waals surface area contributed by atoms with E-state index in [9.17, 15) is 14.4 Å². The molecule has 1 N–H and O–H groups in total. The maximum absolute atomic E-state index is 13.0. The first-order chi connectivity index (χ1) is 17.5. The number of amides is 3. The molecule has 3 amide bonds. The number of hydrogen-bond donors (Lipinski definition) is 1. The van der Waals surface area contributed by atoms with Gasteiger partial charge in [0, 0.05) is 56.0 Å². The number of carbonyl (C=O) groups is 3. The fourth-order valence-electron chi connectivity index (χ4n) is 5.91. The average molecular weight is 554 g/mol. The fourth-order valence-corrected chi connectivity index (χ4v) is 6.12. The van der Waals surface area contributed by atoms with E-state index in [1.165, 1.54) is 6.42 Å². The number of ether oxygens (including phenoxy) is 1. The van der Waals surface area contributed by atoms with Crippen LogP contribution in [0.25, 0.3) is 0 Å². The van der Waals surface area contributed by atoms with Crippen molar-refractivity contribution in [3.05, 3.63) is 52.0 Å².